The average Bonchev–Trinajstić information content (AvgIpc) is 2.89. The second-order valence-corrected chi connectivity index (χ2v) is 6.39. The van der Waals surface area contributed by atoms with Crippen molar-refractivity contribution in [3.63, 3.8) is 0 Å². The zero-order valence-electron chi connectivity index (χ0n) is 13.7. The number of carbonyl (C=O) groups is 1. The van der Waals surface area contributed by atoms with Gasteiger partial charge in [0, 0.05) is 12.7 Å². The Morgan fingerprint density at radius 2 is 2.13 bits per heavy atom. The van der Waals surface area contributed by atoms with Gasteiger partial charge < -0.3 is 9.32 Å². The molecule has 0 bridgehead atoms. The molecule has 1 amide bonds. The molecule has 0 aliphatic carbocycles. The van der Waals surface area contributed by atoms with Crippen LogP contribution in [-0.2, 0) is 11.3 Å². The third-order valence-corrected chi connectivity index (χ3v) is 4.33. The highest BCUT2D eigenvalue weighted by Crippen LogP contribution is 2.24. The van der Waals surface area contributed by atoms with Crippen molar-refractivity contribution < 1.29 is 9.21 Å². The standard InChI is InChI=1S/C17H19N3O2S/c1-11-7-12(2)19-17(15(11)8-18)23-10-16(21)20(4)9-14-6-5-13(3)22-14/h5-7H,9-10H2,1-4H3. The van der Waals surface area contributed by atoms with Gasteiger partial charge in [-0.1, -0.05) is 11.8 Å². The zero-order chi connectivity index (χ0) is 17.0. The van der Waals surface area contributed by atoms with E-state index >= 15 is 0 Å². The van der Waals surface area contributed by atoms with E-state index in [0.717, 1.165) is 22.8 Å². The topological polar surface area (TPSA) is 70.1 Å². The number of carbonyl (C=O) groups excluding carboxylic acids is 1. The summed E-state index contributed by atoms with van der Waals surface area (Å²) in [6.45, 7) is 6.06. The van der Waals surface area contributed by atoms with E-state index in [1.165, 1.54) is 11.8 Å². The van der Waals surface area contributed by atoms with Crippen LogP contribution >= 0.6 is 11.8 Å². The zero-order valence-corrected chi connectivity index (χ0v) is 14.5. The predicted octanol–water partition coefficient (Wildman–Crippen LogP) is 3.22. The third kappa shape index (κ3) is 4.36. The van der Waals surface area contributed by atoms with E-state index in [9.17, 15) is 10.1 Å². The number of amides is 1. The molecule has 0 aliphatic rings. The van der Waals surface area contributed by atoms with E-state index in [0.29, 0.717) is 17.1 Å². The number of thioether (sulfide) groups is 1. The predicted molar refractivity (Wildman–Crippen MR) is 89.1 cm³/mol. The normalized spacial score (nSPS) is 10.4. The van der Waals surface area contributed by atoms with E-state index in [4.69, 9.17) is 4.42 Å². The maximum absolute atomic E-state index is 12.2. The van der Waals surface area contributed by atoms with Gasteiger partial charge in [-0.2, -0.15) is 5.26 Å². The molecule has 0 fully saturated rings. The van der Waals surface area contributed by atoms with Crippen molar-refractivity contribution in [3.05, 3.63) is 46.5 Å². The van der Waals surface area contributed by atoms with Crippen LogP contribution in [0, 0.1) is 32.1 Å². The maximum Gasteiger partial charge on any atom is 0.233 e. The number of furan rings is 1. The number of pyridine rings is 1. The summed E-state index contributed by atoms with van der Waals surface area (Å²) >= 11 is 1.30. The number of hydrogen-bond acceptors (Lipinski definition) is 5. The van der Waals surface area contributed by atoms with Gasteiger partial charge in [0.1, 0.15) is 22.6 Å². The highest BCUT2D eigenvalue weighted by atomic mass is 32.2. The molecule has 0 N–H and O–H groups in total. The molecule has 0 saturated heterocycles. The summed E-state index contributed by atoms with van der Waals surface area (Å²) in [6.07, 6.45) is 0. The van der Waals surface area contributed by atoms with Gasteiger partial charge in [0.25, 0.3) is 0 Å². The van der Waals surface area contributed by atoms with Gasteiger partial charge in [-0.05, 0) is 44.5 Å². The van der Waals surface area contributed by atoms with Crippen LogP contribution in [0.3, 0.4) is 0 Å². The van der Waals surface area contributed by atoms with Crippen molar-refractivity contribution in [2.45, 2.75) is 32.3 Å². The molecular weight excluding hydrogens is 310 g/mol. The van der Waals surface area contributed by atoms with E-state index < -0.39 is 0 Å². The molecule has 0 aromatic carbocycles. The monoisotopic (exact) mass is 329 g/mol. The Morgan fingerprint density at radius 1 is 1.39 bits per heavy atom. The van der Waals surface area contributed by atoms with Crippen LogP contribution in [-0.4, -0.2) is 28.6 Å². The van der Waals surface area contributed by atoms with E-state index in [1.54, 1.807) is 11.9 Å². The number of aryl methyl sites for hydroxylation is 3. The molecule has 0 radical (unpaired) electrons. The van der Waals surface area contributed by atoms with Gasteiger partial charge in [0.2, 0.25) is 5.91 Å². The molecule has 120 valence electrons. The minimum atomic E-state index is -0.0334. The van der Waals surface area contributed by atoms with Crippen LogP contribution < -0.4 is 0 Å². The smallest absolute Gasteiger partial charge is 0.233 e. The SMILES string of the molecule is Cc1cc(C)c(C#N)c(SCC(=O)N(C)Cc2ccc(C)o2)n1. The summed E-state index contributed by atoms with van der Waals surface area (Å²) in [5.41, 5.74) is 2.27. The van der Waals surface area contributed by atoms with Crippen LogP contribution in [0.4, 0.5) is 0 Å². The average molecular weight is 329 g/mol. The van der Waals surface area contributed by atoms with Gasteiger partial charge in [-0.3, -0.25) is 4.79 Å². The summed E-state index contributed by atoms with van der Waals surface area (Å²) in [7, 11) is 1.74. The molecule has 0 spiro atoms. The molecule has 0 atom stereocenters. The second-order valence-electron chi connectivity index (χ2n) is 5.42. The quantitative estimate of drug-likeness (QED) is 0.788. The number of hydrogen-bond donors (Lipinski definition) is 0. The van der Waals surface area contributed by atoms with E-state index in [1.807, 2.05) is 39.0 Å². The Balaban J connectivity index is 2.00. The summed E-state index contributed by atoms with van der Waals surface area (Å²) < 4.78 is 5.48. The van der Waals surface area contributed by atoms with Gasteiger partial charge in [-0.15, -0.1) is 0 Å². The highest BCUT2D eigenvalue weighted by Gasteiger charge is 2.15. The summed E-state index contributed by atoms with van der Waals surface area (Å²) in [5.74, 6) is 1.79. The number of aromatic nitrogens is 1. The number of nitrogens with zero attached hydrogens (tertiary/aromatic N) is 3. The van der Waals surface area contributed by atoms with Crippen molar-refractivity contribution >= 4 is 17.7 Å². The summed E-state index contributed by atoms with van der Waals surface area (Å²) in [5, 5.41) is 9.86. The van der Waals surface area contributed by atoms with Crippen molar-refractivity contribution in [3.8, 4) is 6.07 Å². The fourth-order valence-corrected chi connectivity index (χ4v) is 3.22. The minimum Gasteiger partial charge on any atom is -0.464 e. The summed E-state index contributed by atoms with van der Waals surface area (Å²) in [6, 6.07) is 7.78. The molecule has 0 unspecified atom stereocenters. The minimum absolute atomic E-state index is 0.0334. The Kier molecular flexibility index (Phi) is 5.45. The van der Waals surface area contributed by atoms with Crippen LogP contribution in [0.15, 0.2) is 27.6 Å². The first kappa shape index (κ1) is 17.1. The fourth-order valence-electron chi connectivity index (χ4n) is 2.18. The highest BCUT2D eigenvalue weighted by molar-refractivity contribution is 8.00. The van der Waals surface area contributed by atoms with Crippen molar-refractivity contribution in [2.24, 2.45) is 0 Å². The molecule has 2 aromatic heterocycles. The largest absolute Gasteiger partial charge is 0.464 e. The molecule has 23 heavy (non-hydrogen) atoms. The Hall–Kier alpha value is -2.26. The summed E-state index contributed by atoms with van der Waals surface area (Å²) in [4.78, 5) is 18.2. The number of rotatable bonds is 5. The van der Waals surface area contributed by atoms with Gasteiger partial charge in [0.15, 0.2) is 0 Å². The number of nitriles is 1. The lowest BCUT2D eigenvalue weighted by Gasteiger charge is -2.15. The lowest BCUT2D eigenvalue weighted by Crippen LogP contribution is -2.27. The Labute approximate surface area is 140 Å². The van der Waals surface area contributed by atoms with Crippen LogP contribution in [0.25, 0.3) is 0 Å². The van der Waals surface area contributed by atoms with E-state index in [-0.39, 0.29) is 11.7 Å². The lowest BCUT2D eigenvalue weighted by molar-refractivity contribution is -0.127. The molecule has 5 nitrogen and oxygen atoms in total. The molecule has 0 saturated carbocycles. The molecule has 2 rings (SSSR count). The first-order valence-corrected chi connectivity index (χ1v) is 8.19. The van der Waals surface area contributed by atoms with E-state index in [2.05, 4.69) is 11.1 Å². The molecule has 2 heterocycles. The molecule has 6 heteroatoms. The van der Waals surface area contributed by atoms with Crippen LogP contribution in [0.2, 0.25) is 0 Å². The molecule has 2 aromatic rings. The first-order chi connectivity index (χ1) is 10.9. The lowest BCUT2D eigenvalue weighted by atomic mass is 10.1. The van der Waals surface area contributed by atoms with Gasteiger partial charge in [0.05, 0.1) is 17.9 Å². The Morgan fingerprint density at radius 3 is 2.74 bits per heavy atom. The Bertz CT molecular complexity index is 762. The fraction of sp³-hybridized carbons (Fsp3) is 0.353. The van der Waals surface area contributed by atoms with Gasteiger partial charge >= 0.3 is 0 Å². The van der Waals surface area contributed by atoms with Crippen molar-refractivity contribution in [1.29, 1.82) is 5.26 Å². The first-order valence-electron chi connectivity index (χ1n) is 7.21. The van der Waals surface area contributed by atoms with Crippen molar-refractivity contribution in [2.75, 3.05) is 12.8 Å². The third-order valence-electron chi connectivity index (χ3n) is 3.37. The van der Waals surface area contributed by atoms with Crippen LogP contribution in [0.1, 0.15) is 28.3 Å². The van der Waals surface area contributed by atoms with Crippen molar-refractivity contribution in [1.82, 2.24) is 9.88 Å². The van der Waals surface area contributed by atoms with Crippen LogP contribution in [0.5, 0.6) is 0 Å². The second kappa shape index (κ2) is 7.34. The maximum atomic E-state index is 12.2. The molecule has 0 aliphatic heterocycles. The van der Waals surface area contributed by atoms with Gasteiger partial charge in [-0.25, -0.2) is 4.98 Å². The molecular formula is C17H19N3O2S.